The van der Waals surface area contributed by atoms with Crippen LogP contribution in [0.4, 0.5) is 5.69 Å². The Bertz CT molecular complexity index is 679. The quantitative estimate of drug-likeness (QED) is 0.831. The fraction of sp³-hybridized carbons (Fsp3) is 0.143. The molecule has 0 aliphatic rings. The van der Waals surface area contributed by atoms with E-state index in [2.05, 4.69) is 26.2 Å². The van der Waals surface area contributed by atoms with Crippen molar-refractivity contribution in [3.8, 4) is 11.5 Å². The lowest BCUT2D eigenvalue weighted by molar-refractivity contribution is 0.102. The Morgan fingerprint density at radius 3 is 2.52 bits per heavy atom. The summed E-state index contributed by atoms with van der Waals surface area (Å²) in [5, 5.41) is 3.03. The van der Waals surface area contributed by atoms with E-state index in [1.165, 1.54) is 14.2 Å². The molecule has 2 rings (SSSR count). The van der Waals surface area contributed by atoms with Gasteiger partial charge in [0.1, 0.15) is 10.3 Å². The molecule has 1 aromatic carbocycles. The van der Waals surface area contributed by atoms with Gasteiger partial charge in [0.05, 0.1) is 24.9 Å². The topological polar surface area (TPSA) is 60.5 Å². The maximum absolute atomic E-state index is 12.1. The summed E-state index contributed by atoms with van der Waals surface area (Å²) in [4.78, 5) is 16.2. The number of rotatable bonds is 4. The first-order valence-electron chi connectivity index (χ1n) is 5.90. The fourth-order valence-electron chi connectivity index (χ4n) is 1.67. The number of hydrogen-bond donors (Lipinski definition) is 1. The standard InChI is InChI=1S/C14H12BrClN2O3/c1-20-11-6-8(16)10(7-12(11)21-2)18-14(19)9-4-3-5-13(15)17-9/h3-7H,1-2H3,(H,18,19). The summed E-state index contributed by atoms with van der Waals surface area (Å²) in [5.41, 5.74) is 0.691. The normalized spacial score (nSPS) is 10.1. The lowest BCUT2D eigenvalue weighted by atomic mass is 10.2. The van der Waals surface area contributed by atoms with Crippen molar-refractivity contribution in [2.24, 2.45) is 0 Å². The van der Waals surface area contributed by atoms with Crippen LogP contribution in [0.5, 0.6) is 11.5 Å². The van der Waals surface area contributed by atoms with E-state index >= 15 is 0 Å². The van der Waals surface area contributed by atoms with Crippen LogP contribution in [0.25, 0.3) is 0 Å². The second kappa shape index (κ2) is 6.78. The molecule has 0 spiro atoms. The van der Waals surface area contributed by atoms with Crippen LogP contribution in [0.1, 0.15) is 10.5 Å². The molecular formula is C14H12BrClN2O3. The molecule has 1 amide bonds. The monoisotopic (exact) mass is 370 g/mol. The lowest BCUT2D eigenvalue weighted by Gasteiger charge is -2.12. The minimum Gasteiger partial charge on any atom is -0.493 e. The number of nitrogens with zero attached hydrogens (tertiary/aromatic N) is 1. The molecule has 0 saturated heterocycles. The van der Waals surface area contributed by atoms with Gasteiger partial charge in [0, 0.05) is 12.1 Å². The van der Waals surface area contributed by atoms with Gasteiger partial charge in [-0.15, -0.1) is 0 Å². The zero-order chi connectivity index (χ0) is 15.4. The van der Waals surface area contributed by atoms with E-state index < -0.39 is 0 Å². The third-order valence-corrected chi connectivity index (χ3v) is 3.42. The number of hydrogen-bond acceptors (Lipinski definition) is 4. The highest BCUT2D eigenvalue weighted by molar-refractivity contribution is 9.10. The molecule has 0 atom stereocenters. The van der Waals surface area contributed by atoms with Crippen LogP contribution in [0, 0.1) is 0 Å². The van der Waals surface area contributed by atoms with Crippen molar-refractivity contribution in [1.29, 1.82) is 0 Å². The minimum atomic E-state index is -0.370. The average Bonchev–Trinajstić information content (AvgIpc) is 2.48. The van der Waals surface area contributed by atoms with Gasteiger partial charge in [0.25, 0.3) is 5.91 Å². The predicted molar refractivity (Wildman–Crippen MR) is 84.4 cm³/mol. The van der Waals surface area contributed by atoms with E-state index in [9.17, 15) is 4.79 Å². The second-order valence-corrected chi connectivity index (χ2v) is 5.21. The van der Waals surface area contributed by atoms with Crippen molar-refractivity contribution in [1.82, 2.24) is 4.98 Å². The third-order valence-electron chi connectivity index (χ3n) is 2.67. The maximum atomic E-state index is 12.1. The lowest BCUT2D eigenvalue weighted by Crippen LogP contribution is -2.14. The van der Waals surface area contributed by atoms with Gasteiger partial charge in [-0.2, -0.15) is 0 Å². The van der Waals surface area contributed by atoms with Crippen molar-refractivity contribution < 1.29 is 14.3 Å². The van der Waals surface area contributed by atoms with Gasteiger partial charge < -0.3 is 14.8 Å². The number of carbonyl (C=O) groups excluding carboxylic acids is 1. The first-order valence-corrected chi connectivity index (χ1v) is 7.07. The van der Waals surface area contributed by atoms with E-state index in [1.54, 1.807) is 30.3 Å². The van der Waals surface area contributed by atoms with Gasteiger partial charge >= 0.3 is 0 Å². The first-order chi connectivity index (χ1) is 10.0. The number of halogens is 2. The van der Waals surface area contributed by atoms with Crippen molar-refractivity contribution >= 4 is 39.1 Å². The smallest absolute Gasteiger partial charge is 0.274 e. The summed E-state index contributed by atoms with van der Waals surface area (Å²) >= 11 is 9.34. The second-order valence-electron chi connectivity index (χ2n) is 3.99. The highest BCUT2D eigenvalue weighted by atomic mass is 79.9. The van der Waals surface area contributed by atoms with Crippen LogP contribution in [-0.2, 0) is 0 Å². The summed E-state index contributed by atoms with van der Waals surface area (Å²) in [7, 11) is 3.02. The van der Waals surface area contributed by atoms with Gasteiger partial charge in [-0.25, -0.2) is 4.98 Å². The third kappa shape index (κ3) is 3.65. The Morgan fingerprint density at radius 2 is 1.90 bits per heavy atom. The highest BCUT2D eigenvalue weighted by Gasteiger charge is 2.14. The number of nitrogens with one attached hydrogen (secondary N) is 1. The van der Waals surface area contributed by atoms with Crippen molar-refractivity contribution in [2.45, 2.75) is 0 Å². The number of methoxy groups -OCH3 is 2. The van der Waals surface area contributed by atoms with Gasteiger partial charge in [0.2, 0.25) is 0 Å². The first kappa shape index (κ1) is 15.6. The van der Waals surface area contributed by atoms with Crippen molar-refractivity contribution in [2.75, 3.05) is 19.5 Å². The molecule has 2 aromatic rings. The molecular weight excluding hydrogens is 360 g/mol. The summed E-state index contributed by atoms with van der Waals surface area (Å²) in [5.74, 6) is 0.589. The number of anilines is 1. The molecule has 7 heteroatoms. The zero-order valence-electron chi connectivity index (χ0n) is 11.3. The number of ether oxygens (including phenoxy) is 2. The van der Waals surface area contributed by atoms with Gasteiger partial charge in [-0.3, -0.25) is 4.79 Å². The fourth-order valence-corrected chi connectivity index (χ4v) is 2.22. The average molecular weight is 372 g/mol. The van der Waals surface area contributed by atoms with E-state index in [0.29, 0.717) is 26.8 Å². The molecule has 21 heavy (non-hydrogen) atoms. The summed E-state index contributed by atoms with van der Waals surface area (Å²) < 4.78 is 10.9. The molecule has 5 nitrogen and oxygen atoms in total. The summed E-state index contributed by atoms with van der Waals surface area (Å²) in [6.07, 6.45) is 0. The number of carbonyl (C=O) groups is 1. The van der Waals surface area contributed by atoms with E-state index in [0.717, 1.165) is 0 Å². The molecule has 0 aliphatic heterocycles. The number of benzene rings is 1. The Morgan fingerprint density at radius 1 is 1.24 bits per heavy atom. The SMILES string of the molecule is COc1cc(Cl)c(NC(=O)c2cccc(Br)n2)cc1OC. The number of aromatic nitrogens is 1. The number of pyridine rings is 1. The van der Waals surface area contributed by atoms with Crippen LogP contribution >= 0.6 is 27.5 Å². The largest absolute Gasteiger partial charge is 0.493 e. The Balaban J connectivity index is 2.29. The maximum Gasteiger partial charge on any atom is 0.274 e. The Labute approximate surface area is 135 Å². The van der Waals surface area contributed by atoms with Crippen LogP contribution in [0.2, 0.25) is 5.02 Å². The van der Waals surface area contributed by atoms with Crippen LogP contribution in [-0.4, -0.2) is 25.1 Å². The van der Waals surface area contributed by atoms with Crippen molar-refractivity contribution in [3.63, 3.8) is 0 Å². The summed E-state index contributed by atoms with van der Waals surface area (Å²) in [6.45, 7) is 0. The van der Waals surface area contributed by atoms with E-state index in [4.69, 9.17) is 21.1 Å². The van der Waals surface area contributed by atoms with Crippen LogP contribution < -0.4 is 14.8 Å². The van der Waals surface area contributed by atoms with Crippen LogP contribution in [0.3, 0.4) is 0 Å². The molecule has 110 valence electrons. The molecule has 1 aromatic heterocycles. The molecule has 0 radical (unpaired) electrons. The molecule has 1 heterocycles. The van der Waals surface area contributed by atoms with E-state index in [-0.39, 0.29) is 11.6 Å². The molecule has 0 unspecified atom stereocenters. The Hall–Kier alpha value is -1.79. The molecule has 0 fully saturated rings. The van der Waals surface area contributed by atoms with Gasteiger partial charge in [-0.05, 0) is 28.1 Å². The van der Waals surface area contributed by atoms with Gasteiger partial charge in [-0.1, -0.05) is 17.7 Å². The van der Waals surface area contributed by atoms with Crippen molar-refractivity contribution in [3.05, 3.63) is 45.7 Å². The molecule has 0 saturated carbocycles. The highest BCUT2D eigenvalue weighted by Crippen LogP contribution is 2.36. The molecule has 1 N–H and O–H groups in total. The number of amides is 1. The molecule has 0 aliphatic carbocycles. The predicted octanol–water partition coefficient (Wildman–Crippen LogP) is 3.77. The molecule has 0 bridgehead atoms. The Kier molecular flexibility index (Phi) is 5.03. The minimum absolute atomic E-state index is 0.273. The zero-order valence-corrected chi connectivity index (χ0v) is 13.7. The summed E-state index contributed by atoms with van der Waals surface area (Å²) in [6, 6.07) is 8.23. The van der Waals surface area contributed by atoms with Gasteiger partial charge in [0.15, 0.2) is 11.5 Å². The van der Waals surface area contributed by atoms with Crippen LogP contribution in [0.15, 0.2) is 34.9 Å². The van der Waals surface area contributed by atoms with E-state index in [1.807, 2.05) is 0 Å².